The molecule has 0 aromatic heterocycles. The van der Waals surface area contributed by atoms with E-state index < -0.39 is 0 Å². The van der Waals surface area contributed by atoms with Gasteiger partial charge in [-0.15, -0.1) is 0 Å². The molecule has 5 heteroatoms. The Kier molecular flexibility index (Phi) is 6.57. The van der Waals surface area contributed by atoms with Crippen molar-refractivity contribution in [2.45, 2.75) is 39.7 Å². The number of nitrogens with one attached hydrogen (secondary N) is 2. The zero-order chi connectivity index (χ0) is 18.2. The number of hydrogen-bond acceptors (Lipinski definition) is 3. The number of carbonyl (C=O) groups excluding carboxylic acids is 2. The minimum atomic E-state index is -0.237. The molecule has 0 saturated carbocycles. The first-order valence-electron chi connectivity index (χ1n) is 8.46. The van der Waals surface area contributed by atoms with Gasteiger partial charge in [-0.05, 0) is 56.7 Å². The molecule has 0 bridgehead atoms. The number of benzene rings is 2. The molecule has 2 aromatic carbocycles. The summed E-state index contributed by atoms with van der Waals surface area (Å²) in [6.07, 6.45) is 1.28. The maximum absolute atomic E-state index is 12.5. The van der Waals surface area contributed by atoms with E-state index in [4.69, 9.17) is 4.74 Å². The molecule has 0 fully saturated rings. The number of para-hydroxylation sites is 1. The summed E-state index contributed by atoms with van der Waals surface area (Å²) in [5.74, 6) is 0.302. The Balaban J connectivity index is 2.05. The van der Waals surface area contributed by atoms with E-state index in [1.807, 2.05) is 26.8 Å². The van der Waals surface area contributed by atoms with Gasteiger partial charge < -0.3 is 15.4 Å². The molecule has 132 valence electrons. The molecule has 0 heterocycles. The highest BCUT2D eigenvalue weighted by Crippen LogP contribution is 2.21. The van der Waals surface area contributed by atoms with Gasteiger partial charge in [0.15, 0.2) is 0 Å². The number of hydrogen-bond donors (Lipinski definition) is 2. The zero-order valence-corrected chi connectivity index (χ0v) is 14.8. The molecule has 2 amide bonds. The Bertz CT molecular complexity index is 724. The predicted octanol–water partition coefficient (Wildman–Crippen LogP) is 4.46. The van der Waals surface area contributed by atoms with Crippen molar-refractivity contribution in [2.75, 3.05) is 10.6 Å². The van der Waals surface area contributed by atoms with Crippen molar-refractivity contribution in [3.8, 4) is 5.75 Å². The van der Waals surface area contributed by atoms with E-state index in [1.165, 1.54) is 0 Å². The molecule has 2 aromatic rings. The summed E-state index contributed by atoms with van der Waals surface area (Å²) in [6.45, 7) is 5.79. The van der Waals surface area contributed by atoms with Gasteiger partial charge in [-0.3, -0.25) is 9.59 Å². The van der Waals surface area contributed by atoms with Crippen LogP contribution in [-0.4, -0.2) is 17.9 Å². The van der Waals surface area contributed by atoms with E-state index in [1.54, 1.807) is 42.5 Å². The van der Waals surface area contributed by atoms with Crippen LogP contribution in [0.15, 0.2) is 48.5 Å². The first kappa shape index (κ1) is 18.5. The van der Waals surface area contributed by atoms with E-state index >= 15 is 0 Å². The average Bonchev–Trinajstić information content (AvgIpc) is 2.57. The molecular formula is C20H24N2O3. The van der Waals surface area contributed by atoms with Gasteiger partial charge in [0.25, 0.3) is 5.91 Å². The van der Waals surface area contributed by atoms with E-state index in [2.05, 4.69) is 10.6 Å². The lowest BCUT2D eigenvalue weighted by atomic mass is 10.1. The Morgan fingerprint density at radius 3 is 2.16 bits per heavy atom. The van der Waals surface area contributed by atoms with Crippen LogP contribution in [-0.2, 0) is 4.79 Å². The van der Waals surface area contributed by atoms with E-state index in [-0.39, 0.29) is 17.9 Å². The Hall–Kier alpha value is -2.82. The summed E-state index contributed by atoms with van der Waals surface area (Å²) in [5, 5.41) is 5.66. The third kappa shape index (κ3) is 5.64. The number of rotatable bonds is 7. The van der Waals surface area contributed by atoms with Gasteiger partial charge in [0.1, 0.15) is 5.75 Å². The Morgan fingerprint density at radius 2 is 1.56 bits per heavy atom. The fraction of sp³-hybridized carbons (Fsp3) is 0.300. The molecular weight excluding hydrogens is 316 g/mol. The van der Waals surface area contributed by atoms with Crippen molar-refractivity contribution in [2.24, 2.45) is 0 Å². The van der Waals surface area contributed by atoms with Crippen molar-refractivity contribution >= 4 is 23.2 Å². The standard InChI is InChI=1S/C20H24N2O3/c1-4-7-19(23)21-15-10-12-16(13-11-15)22-20(24)17-8-5-6-9-18(17)25-14(2)3/h5-6,8-14H,4,7H2,1-3H3,(H,21,23)(H,22,24). The van der Waals surface area contributed by atoms with Gasteiger partial charge in [0.05, 0.1) is 11.7 Å². The van der Waals surface area contributed by atoms with Crippen molar-refractivity contribution in [3.63, 3.8) is 0 Å². The quantitative estimate of drug-likeness (QED) is 0.782. The summed E-state index contributed by atoms with van der Waals surface area (Å²) in [5.41, 5.74) is 1.84. The molecule has 0 unspecified atom stereocenters. The van der Waals surface area contributed by atoms with Crippen LogP contribution in [0.5, 0.6) is 5.75 Å². The normalized spacial score (nSPS) is 10.4. The van der Waals surface area contributed by atoms with Crippen LogP contribution < -0.4 is 15.4 Å². The second kappa shape index (κ2) is 8.87. The summed E-state index contributed by atoms with van der Waals surface area (Å²) in [4.78, 5) is 24.1. The van der Waals surface area contributed by atoms with Gasteiger partial charge in [-0.25, -0.2) is 0 Å². The lowest BCUT2D eigenvalue weighted by molar-refractivity contribution is -0.116. The molecule has 2 rings (SSSR count). The van der Waals surface area contributed by atoms with Crippen molar-refractivity contribution in [1.82, 2.24) is 0 Å². The highest BCUT2D eigenvalue weighted by Gasteiger charge is 2.13. The van der Waals surface area contributed by atoms with Crippen molar-refractivity contribution in [1.29, 1.82) is 0 Å². The largest absolute Gasteiger partial charge is 0.490 e. The molecule has 0 spiro atoms. The van der Waals surface area contributed by atoms with E-state index in [0.29, 0.717) is 29.1 Å². The zero-order valence-electron chi connectivity index (χ0n) is 14.8. The van der Waals surface area contributed by atoms with Gasteiger partial charge in [0.2, 0.25) is 5.91 Å². The summed E-state index contributed by atoms with van der Waals surface area (Å²) < 4.78 is 5.68. The maximum atomic E-state index is 12.5. The highest BCUT2D eigenvalue weighted by molar-refractivity contribution is 6.06. The van der Waals surface area contributed by atoms with Crippen LogP contribution in [0.4, 0.5) is 11.4 Å². The predicted molar refractivity (Wildman–Crippen MR) is 100 cm³/mol. The third-order valence-electron chi connectivity index (χ3n) is 3.40. The first-order valence-corrected chi connectivity index (χ1v) is 8.46. The first-order chi connectivity index (χ1) is 12.0. The number of carbonyl (C=O) groups is 2. The molecule has 0 aliphatic carbocycles. The fourth-order valence-corrected chi connectivity index (χ4v) is 2.30. The highest BCUT2D eigenvalue weighted by atomic mass is 16.5. The van der Waals surface area contributed by atoms with Gasteiger partial charge in [-0.1, -0.05) is 19.1 Å². The molecule has 0 radical (unpaired) electrons. The van der Waals surface area contributed by atoms with Crippen molar-refractivity contribution in [3.05, 3.63) is 54.1 Å². The molecule has 25 heavy (non-hydrogen) atoms. The number of ether oxygens (including phenoxy) is 1. The summed E-state index contributed by atoms with van der Waals surface area (Å²) in [6, 6.07) is 14.2. The van der Waals surface area contributed by atoms with Crippen molar-refractivity contribution < 1.29 is 14.3 Å². The number of anilines is 2. The minimum absolute atomic E-state index is 0.0139. The molecule has 0 atom stereocenters. The van der Waals surface area contributed by atoms with Gasteiger partial charge in [-0.2, -0.15) is 0 Å². The summed E-state index contributed by atoms with van der Waals surface area (Å²) >= 11 is 0. The molecule has 0 saturated heterocycles. The fourth-order valence-electron chi connectivity index (χ4n) is 2.30. The van der Waals surface area contributed by atoms with E-state index in [0.717, 1.165) is 6.42 Å². The minimum Gasteiger partial charge on any atom is -0.490 e. The Labute approximate surface area is 148 Å². The summed E-state index contributed by atoms with van der Waals surface area (Å²) in [7, 11) is 0. The van der Waals surface area contributed by atoms with E-state index in [9.17, 15) is 9.59 Å². The van der Waals surface area contributed by atoms with Crippen LogP contribution in [0.3, 0.4) is 0 Å². The van der Waals surface area contributed by atoms with Gasteiger partial charge >= 0.3 is 0 Å². The smallest absolute Gasteiger partial charge is 0.259 e. The van der Waals surface area contributed by atoms with Crippen LogP contribution >= 0.6 is 0 Å². The molecule has 5 nitrogen and oxygen atoms in total. The SMILES string of the molecule is CCCC(=O)Nc1ccc(NC(=O)c2ccccc2OC(C)C)cc1. The lowest BCUT2D eigenvalue weighted by Gasteiger charge is -2.14. The molecule has 0 aliphatic rings. The van der Waals surface area contributed by atoms with Crippen LogP contribution in [0.2, 0.25) is 0 Å². The second-order valence-corrected chi connectivity index (χ2v) is 5.99. The Morgan fingerprint density at radius 1 is 0.960 bits per heavy atom. The average molecular weight is 340 g/mol. The van der Waals surface area contributed by atoms with Gasteiger partial charge in [0, 0.05) is 17.8 Å². The second-order valence-electron chi connectivity index (χ2n) is 5.99. The van der Waals surface area contributed by atoms with Crippen LogP contribution in [0.1, 0.15) is 44.0 Å². The topological polar surface area (TPSA) is 67.4 Å². The maximum Gasteiger partial charge on any atom is 0.259 e. The van der Waals surface area contributed by atoms with Crippen LogP contribution in [0, 0.1) is 0 Å². The monoisotopic (exact) mass is 340 g/mol. The molecule has 0 aliphatic heterocycles. The van der Waals surface area contributed by atoms with Crippen LogP contribution in [0.25, 0.3) is 0 Å². The third-order valence-corrected chi connectivity index (χ3v) is 3.40. The lowest BCUT2D eigenvalue weighted by Crippen LogP contribution is -2.16. The number of amides is 2. The molecule has 2 N–H and O–H groups in total.